The largest absolute Gasteiger partial charge is 0.314 e. The molecule has 1 rings (SSSR count). The molecule has 1 aliphatic carbocycles. The third-order valence-corrected chi connectivity index (χ3v) is 5.48. The Balaban J connectivity index is 2.17. The van der Waals surface area contributed by atoms with Gasteiger partial charge in [0.05, 0.1) is 0 Å². The van der Waals surface area contributed by atoms with Crippen LogP contribution < -0.4 is 5.32 Å². The minimum Gasteiger partial charge on any atom is -0.314 e. The van der Waals surface area contributed by atoms with Crippen LogP contribution in [-0.2, 0) is 10.8 Å². The van der Waals surface area contributed by atoms with Crippen LogP contribution in [0.15, 0.2) is 0 Å². The van der Waals surface area contributed by atoms with Gasteiger partial charge in [-0.1, -0.05) is 20.8 Å². The molecule has 19 heavy (non-hydrogen) atoms. The lowest BCUT2D eigenvalue weighted by molar-refractivity contribution is 0.148. The minimum absolute atomic E-state index is 0.483. The lowest BCUT2D eigenvalue weighted by Crippen LogP contribution is -2.35. The molecular formula is C16H33NOS. The number of hydrogen-bond acceptors (Lipinski definition) is 2. The maximum absolute atomic E-state index is 11.1. The zero-order valence-corrected chi connectivity index (χ0v) is 14.3. The van der Waals surface area contributed by atoms with Crippen LogP contribution in [-0.4, -0.2) is 28.8 Å². The van der Waals surface area contributed by atoms with Crippen LogP contribution >= 0.6 is 0 Å². The smallest absolute Gasteiger partial charge is 0.0246 e. The molecule has 1 saturated carbocycles. The van der Waals surface area contributed by atoms with E-state index in [1.165, 1.54) is 25.7 Å². The topological polar surface area (TPSA) is 29.1 Å². The van der Waals surface area contributed by atoms with Gasteiger partial charge in [-0.3, -0.25) is 4.21 Å². The van der Waals surface area contributed by atoms with Crippen molar-refractivity contribution in [3.05, 3.63) is 0 Å². The van der Waals surface area contributed by atoms with Crippen LogP contribution in [0.25, 0.3) is 0 Å². The van der Waals surface area contributed by atoms with Crippen molar-refractivity contribution in [3.8, 4) is 0 Å². The highest BCUT2D eigenvalue weighted by atomic mass is 32.2. The van der Waals surface area contributed by atoms with E-state index >= 15 is 0 Å². The number of hydrogen-bond donors (Lipinski definition) is 1. The molecule has 0 aliphatic heterocycles. The Labute approximate surface area is 122 Å². The molecule has 0 aromatic rings. The lowest BCUT2D eigenvalue weighted by atomic mass is 9.70. The number of rotatable bonds is 6. The molecule has 0 bridgehead atoms. The molecule has 1 aliphatic rings. The number of nitrogens with one attached hydrogen (secondary N) is 1. The van der Waals surface area contributed by atoms with Gasteiger partial charge in [0.15, 0.2) is 0 Å². The van der Waals surface area contributed by atoms with Gasteiger partial charge in [-0.2, -0.15) is 0 Å². The quantitative estimate of drug-likeness (QED) is 0.809. The molecule has 2 atom stereocenters. The Morgan fingerprint density at radius 1 is 1.21 bits per heavy atom. The van der Waals surface area contributed by atoms with Crippen molar-refractivity contribution in [2.24, 2.45) is 17.3 Å². The van der Waals surface area contributed by atoms with E-state index in [1.807, 2.05) is 0 Å². The molecule has 1 fully saturated rings. The van der Waals surface area contributed by atoms with Crippen LogP contribution in [0.4, 0.5) is 0 Å². The zero-order valence-electron chi connectivity index (χ0n) is 13.5. The second-order valence-corrected chi connectivity index (χ2v) is 9.01. The highest BCUT2D eigenvalue weighted by molar-refractivity contribution is 7.84. The summed E-state index contributed by atoms with van der Waals surface area (Å²) in [6.07, 6.45) is 8.36. The Kier molecular flexibility index (Phi) is 7.02. The summed E-state index contributed by atoms with van der Waals surface area (Å²) in [6, 6.07) is 0.504. The molecule has 1 N–H and O–H groups in total. The van der Waals surface area contributed by atoms with E-state index in [0.29, 0.717) is 11.5 Å². The molecule has 3 heteroatoms. The highest BCUT2D eigenvalue weighted by Gasteiger charge is 2.29. The fourth-order valence-corrected chi connectivity index (χ4v) is 3.73. The third-order valence-electron chi connectivity index (χ3n) is 4.66. The monoisotopic (exact) mass is 287 g/mol. The van der Waals surface area contributed by atoms with E-state index in [2.05, 4.69) is 33.0 Å². The summed E-state index contributed by atoms with van der Waals surface area (Å²) >= 11 is 0. The predicted molar refractivity (Wildman–Crippen MR) is 85.9 cm³/mol. The molecule has 0 heterocycles. The Morgan fingerprint density at radius 2 is 1.79 bits per heavy atom. The molecule has 0 aromatic heterocycles. The van der Waals surface area contributed by atoms with Gasteiger partial charge in [-0.15, -0.1) is 0 Å². The van der Waals surface area contributed by atoms with E-state index in [9.17, 15) is 4.21 Å². The average molecular weight is 288 g/mol. The van der Waals surface area contributed by atoms with Crippen molar-refractivity contribution in [1.82, 2.24) is 5.32 Å². The molecule has 0 amide bonds. The summed E-state index contributed by atoms with van der Waals surface area (Å²) in [5.74, 6) is 2.59. The summed E-state index contributed by atoms with van der Waals surface area (Å²) < 4.78 is 11.1. The summed E-state index contributed by atoms with van der Waals surface area (Å²) in [6.45, 7) is 10.5. The van der Waals surface area contributed by atoms with E-state index in [0.717, 1.165) is 30.6 Å². The van der Waals surface area contributed by atoms with Crippen LogP contribution in [0, 0.1) is 17.3 Å². The van der Waals surface area contributed by atoms with Crippen LogP contribution in [0.5, 0.6) is 0 Å². The van der Waals surface area contributed by atoms with Crippen molar-refractivity contribution >= 4 is 10.8 Å². The van der Waals surface area contributed by atoms with Crippen LogP contribution in [0.1, 0.15) is 59.8 Å². The Morgan fingerprint density at radius 3 is 2.26 bits per heavy atom. The first kappa shape index (κ1) is 17.2. The van der Waals surface area contributed by atoms with Crippen LogP contribution in [0.3, 0.4) is 0 Å². The zero-order chi connectivity index (χ0) is 14.5. The first-order chi connectivity index (χ1) is 8.79. The molecule has 114 valence electrons. The predicted octanol–water partition coefficient (Wildman–Crippen LogP) is 3.59. The van der Waals surface area contributed by atoms with Gasteiger partial charge in [0, 0.05) is 28.9 Å². The molecule has 0 aromatic carbocycles. The van der Waals surface area contributed by atoms with Gasteiger partial charge >= 0.3 is 0 Å². The maximum Gasteiger partial charge on any atom is 0.0246 e. The van der Waals surface area contributed by atoms with Crippen molar-refractivity contribution in [3.63, 3.8) is 0 Å². The van der Waals surface area contributed by atoms with Gasteiger partial charge in [-0.05, 0) is 62.8 Å². The van der Waals surface area contributed by atoms with E-state index in [4.69, 9.17) is 0 Å². The second-order valence-electron chi connectivity index (χ2n) is 7.46. The van der Waals surface area contributed by atoms with Gasteiger partial charge in [0.1, 0.15) is 0 Å². The van der Waals surface area contributed by atoms with Gasteiger partial charge in [0.2, 0.25) is 0 Å². The van der Waals surface area contributed by atoms with Crippen molar-refractivity contribution in [2.75, 3.05) is 18.6 Å². The molecular weight excluding hydrogens is 254 g/mol. The Hall–Kier alpha value is 0.110. The molecule has 0 spiro atoms. The third kappa shape index (κ3) is 6.89. The molecule has 0 radical (unpaired) electrons. The normalized spacial score (nSPS) is 28.1. The van der Waals surface area contributed by atoms with Crippen molar-refractivity contribution in [1.29, 1.82) is 0 Å². The summed E-state index contributed by atoms with van der Waals surface area (Å²) in [7, 11) is -0.649. The van der Waals surface area contributed by atoms with E-state index < -0.39 is 10.8 Å². The second kappa shape index (κ2) is 7.78. The Bertz CT molecular complexity index is 277. The fourth-order valence-electron chi connectivity index (χ4n) is 3.05. The molecule has 0 saturated heterocycles. The first-order valence-corrected chi connectivity index (χ1v) is 9.55. The fraction of sp³-hybridized carbons (Fsp3) is 1.00. The van der Waals surface area contributed by atoms with Crippen molar-refractivity contribution < 1.29 is 4.21 Å². The van der Waals surface area contributed by atoms with Crippen molar-refractivity contribution in [2.45, 2.75) is 65.8 Å². The summed E-state index contributed by atoms with van der Waals surface area (Å²) in [5.41, 5.74) is 0.483. The SMILES string of the molecule is CC(CCS(C)=O)NCC1CCC(C(C)(C)C)CC1. The maximum atomic E-state index is 11.1. The average Bonchev–Trinajstić information content (AvgIpc) is 2.33. The van der Waals surface area contributed by atoms with E-state index in [-0.39, 0.29) is 0 Å². The van der Waals surface area contributed by atoms with Gasteiger partial charge < -0.3 is 5.32 Å². The summed E-state index contributed by atoms with van der Waals surface area (Å²) in [5, 5.41) is 3.63. The molecule has 2 nitrogen and oxygen atoms in total. The summed E-state index contributed by atoms with van der Waals surface area (Å²) in [4.78, 5) is 0. The van der Waals surface area contributed by atoms with Crippen LogP contribution in [0.2, 0.25) is 0 Å². The van der Waals surface area contributed by atoms with E-state index in [1.54, 1.807) is 6.26 Å². The van der Waals surface area contributed by atoms with Gasteiger partial charge in [-0.25, -0.2) is 0 Å². The first-order valence-electron chi connectivity index (χ1n) is 7.82. The lowest BCUT2D eigenvalue weighted by Gasteiger charge is -2.37. The molecule has 2 unspecified atom stereocenters. The highest BCUT2D eigenvalue weighted by Crippen LogP contribution is 2.39. The minimum atomic E-state index is -0.649. The standard InChI is InChI=1S/C16H33NOS/c1-13(10-11-19(5)18)17-12-14-6-8-15(9-7-14)16(2,3)4/h13-15,17H,6-12H2,1-5H3. The van der Waals surface area contributed by atoms with Gasteiger partial charge in [0.25, 0.3) is 0 Å².